The molecule has 5 heteroatoms. The van der Waals surface area contributed by atoms with Gasteiger partial charge in [-0.15, -0.1) is 0 Å². The molecule has 1 aromatic carbocycles. The van der Waals surface area contributed by atoms with Gasteiger partial charge in [-0.25, -0.2) is 4.68 Å². The van der Waals surface area contributed by atoms with Crippen LogP contribution >= 0.6 is 0 Å². The van der Waals surface area contributed by atoms with Crippen LogP contribution in [0.5, 0.6) is 5.75 Å². The predicted octanol–water partition coefficient (Wildman–Crippen LogP) is 1.08. The van der Waals surface area contributed by atoms with Crippen LogP contribution < -0.4 is 11.1 Å². The molecule has 16 heavy (non-hydrogen) atoms. The number of para-hydroxylation sites is 2. The summed E-state index contributed by atoms with van der Waals surface area (Å²) in [6.07, 6.45) is 0. The van der Waals surface area contributed by atoms with E-state index in [0.29, 0.717) is 12.2 Å². The predicted molar refractivity (Wildman–Crippen MR) is 62.7 cm³/mol. The van der Waals surface area contributed by atoms with Gasteiger partial charge in [0.05, 0.1) is 5.69 Å². The summed E-state index contributed by atoms with van der Waals surface area (Å²) in [5.41, 5.74) is 6.94. The summed E-state index contributed by atoms with van der Waals surface area (Å²) in [6, 6.07) is 8.89. The minimum atomic E-state index is 0.186. The summed E-state index contributed by atoms with van der Waals surface area (Å²) in [6.45, 7) is 0.370. The summed E-state index contributed by atoms with van der Waals surface area (Å²) < 4.78 is 1.64. The number of phenols is 1. The fourth-order valence-corrected chi connectivity index (χ4v) is 1.53. The summed E-state index contributed by atoms with van der Waals surface area (Å²) in [4.78, 5) is 0. The molecule has 4 N–H and O–H groups in total. The average molecular weight is 218 g/mol. The zero-order valence-electron chi connectivity index (χ0n) is 9.01. The van der Waals surface area contributed by atoms with Gasteiger partial charge >= 0.3 is 0 Å². The minimum absolute atomic E-state index is 0.186. The molecule has 0 saturated carbocycles. The van der Waals surface area contributed by atoms with Crippen LogP contribution in [-0.2, 0) is 6.54 Å². The van der Waals surface area contributed by atoms with Crippen LogP contribution in [-0.4, -0.2) is 21.9 Å². The van der Waals surface area contributed by atoms with Crippen LogP contribution in [0.3, 0.4) is 0 Å². The molecule has 84 valence electrons. The minimum Gasteiger partial charge on any atom is -0.506 e. The molecular formula is C11H14N4O. The van der Waals surface area contributed by atoms with E-state index in [1.807, 2.05) is 12.1 Å². The van der Waals surface area contributed by atoms with Crippen molar-refractivity contribution in [3.05, 3.63) is 36.0 Å². The van der Waals surface area contributed by atoms with Gasteiger partial charge in [0, 0.05) is 19.7 Å². The zero-order valence-corrected chi connectivity index (χ0v) is 9.01. The van der Waals surface area contributed by atoms with Crippen molar-refractivity contribution in [2.45, 2.75) is 6.54 Å². The Bertz CT molecular complexity index is 492. The first kappa shape index (κ1) is 10.5. The van der Waals surface area contributed by atoms with Crippen molar-refractivity contribution in [1.29, 1.82) is 0 Å². The van der Waals surface area contributed by atoms with E-state index in [9.17, 15) is 5.11 Å². The second-order valence-corrected chi connectivity index (χ2v) is 3.38. The topological polar surface area (TPSA) is 76.1 Å². The van der Waals surface area contributed by atoms with Gasteiger partial charge in [0.1, 0.15) is 17.3 Å². The van der Waals surface area contributed by atoms with Crippen molar-refractivity contribution in [2.24, 2.45) is 5.73 Å². The van der Waals surface area contributed by atoms with Crippen molar-refractivity contribution in [1.82, 2.24) is 9.78 Å². The Hall–Kier alpha value is -2.01. The summed E-state index contributed by atoms with van der Waals surface area (Å²) >= 11 is 0. The summed E-state index contributed by atoms with van der Waals surface area (Å²) in [5, 5.41) is 17.1. The second-order valence-electron chi connectivity index (χ2n) is 3.38. The van der Waals surface area contributed by atoms with Gasteiger partial charge in [-0.2, -0.15) is 5.10 Å². The molecule has 0 radical (unpaired) electrons. The van der Waals surface area contributed by atoms with Crippen LogP contribution in [0.25, 0.3) is 5.69 Å². The van der Waals surface area contributed by atoms with Crippen molar-refractivity contribution in [2.75, 3.05) is 12.4 Å². The molecule has 0 spiro atoms. The first-order valence-electron chi connectivity index (χ1n) is 5.01. The molecule has 0 unspecified atom stereocenters. The van der Waals surface area contributed by atoms with Crippen LogP contribution in [0.15, 0.2) is 30.3 Å². The lowest BCUT2D eigenvalue weighted by atomic mass is 10.3. The Labute approximate surface area is 93.5 Å². The fourth-order valence-electron chi connectivity index (χ4n) is 1.53. The molecule has 0 fully saturated rings. The van der Waals surface area contributed by atoms with Gasteiger partial charge in [0.2, 0.25) is 0 Å². The van der Waals surface area contributed by atoms with Gasteiger partial charge in [-0.1, -0.05) is 12.1 Å². The molecule has 0 aliphatic rings. The van der Waals surface area contributed by atoms with E-state index in [-0.39, 0.29) is 5.75 Å². The van der Waals surface area contributed by atoms with E-state index >= 15 is 0 Å². The number of nitrogens with zero attached hydrogens (tertiary/aromatic N) is 2. The molecule has 0 amide bonds. The molecule has 5 nitrogen and oxygen atoms in total. The van der Waals surface area contributed by atoms with Crippen LogP contribution in [0.2, 0.25) is 0 Å². The maximum Gasteiger partial charge on any atom is 0.141 e. The number of aromatic hydroxyl groups is 1. The van der Waals surface area contributed by atoms with Crippen molar-refractivity contribution in [3.8, 4) is 11.4 Å². The first-order chi connectivity index (χ1) is 7.76. The van der Waals surface area contributed by atoms with E-state index in [4.69, 9.17) is 5.73 Å². The number of anilines is 1. The van der Waals surface area contributed by atoms with Crippen LogP contribution in [0.1, 0.15) is 5.69 Å². The molecule has 1 aromatic heterocycles. The van der Waals surface area contributed by atoms with Gasteiger partial charge in [-0.05, 0) is 12.1 Å². The molecule has 2 rings (SSSR count). The van der Waals surface area contributed by atoms with Gasteiger partial charge in [0.15, 0.2) is 0 Å². The van der Waals surface area contributed by atoms with E-state index in [1.165, 1.54) is 0 Å². The monoisotopic (exact) mass is 218 g/mol. The zero-order chi connectivity index (χ0) is 11.5. The Morgan fingerprint density at radius 2 is 2.19 bits per heavy atom. The number of aromatic nitrogens is 2. The van der Waals surface area contributed by atoms with E-state index in [2.05, 4.69) is 10.4 Å². The highest BCUT2D eigenvalue weighted by Gasteiger charge is 2.10. The normalized spacial score (nSPS) is 10.4. The molecule has 0 aliphatic carbocycles. The van der Waals surface area contributed by atoms with Crippen molar-refractivity contribution in [3.63, 3.8) is 0 Å². The molecule has 2 aromatic rings. The highest BCUT2D eigenvalue weighted by Crippen LogP contribution is 2.24. The Balaban J connectivity index is 2.54. The Kier molecular flexibility index (Phi) is 2.78. The SMILES string of the molecule is CNc1cc(CN)nn1-c1ccccc1O. The lowest BCUT2D eigenvalue weighted by Gasteiger charge is -2.07. The lowest BCUT2D eigenvalue weighted by Crippen LogP contribution is -2.03. The maximum atomic E-state index is 9.75. The summed E-state index contributed by atoms with van der Waals surface area (Å²) in [5.74, 6) is 0.979. The van der Waals surface area contributed by atoms with Gasteiger partial charge < -0.3 is 16.2 Å². The third-order valence-electron chi connectivity index (χ3n) is 2.34. The quantitative estimate of drug-likeness (QED) is 0.720. The molecule has 0 aliphatic heterocycles. The van der Waals surface area contributed by atoms with Crippen molar-refractivity contribution < 1.29 is 5.11 Å². The van der Waals surface area contributed by atoms with Gasteiger partial charge in [0.25, 0.3) is 0 Å². The number of rotatable bonds is 3. The number of phenolic OH excluding ortho intramolecular Hbond substituents is 1. The highest BCUT2D eigenvalue weighted by atomic mass is 16.3. The van der Waals surface area contributed by atoms with E-state index in [1.54, 1.807) is 29.9 Å². The lowest BCUT2D eigenvalue weighted by molar-refractivity contribution is 0.470. The van der Waals surface area contributed by atoms with E-state index < -0.39 is 0 Å². The molecule has 0 saturated heterocycles. The fraction of sp³-hybridized carbons (Fsp3) is 0.182. The van der Waals surface area contributed by atoms with Crippen molar-refractivity contribution >= 4 is 5.82 Å². The van der Waals surface area contributed by atoms with Crippen LogP contribution in [0.4, 0.5) is 5.82 Å². The van der Waals surface area contributed by atoms with Gasteiger partial charge in [-0.3, -0.25) is 0 Å². The third kappa shape index (κ3) is 1.72. The molecule has 0 atom stereocenters. The standard InChI is InChI=1S/C11H14N4O/c1-13-11-6-8(7-12)14-15(11)9-4-2-3-5-10(9)16/h2-6,13,16H,7,12H2,1H3. The number of benzene rings is 1. The number of hydrogen-bond donors (Lipinski definition) is 3. The first-order valence-corrected chi connectivity index (χ1v) is 5.01. The van der Waals surface area contributed by atoms with E-state index in [0.717, 1.165) is 11.5 Å². The molecule has 0 bridgehead atoms. The average Bonchev–Trinajstić information content (AvgIpc) is 2.72. The molecule has 1 heterocycles. The number of nitrogens with two attached hydrogens (primary N) is 1. The number of nitrogens with one attached hydrogen (secondary N) is 1. The Morgan fingerprint density at radius 1 is 1.44 bits per heavy atom. The largest absolute Gasteiger partial charge is 0.506 e. The third-order valence-corrected chi connectivity index (χ3v) is 2.34. The maximum absolute atomic E-state index is 9.75. The summed E-state index contributed by atoms with van der Waals surface area (Å²) in [7, 11) is 1.80. The van der Waals surface area contributed by atoms with Crippen LogP contribution in [0, 0.1) is 0 Å². The Morgan fingerprint density at radius 3 is 2.81 bits per heavy atom. The highest BCUT2D eigenvalue weighted by molar-refractivity contribution is 5.52. The smallest absolute Gasteiger partial charge is 0.141 e. The second kappa shape index (κ2) is 4.24. The molecular weight excluding hydrogens is 204 g/mol. The number of hydrogen-bond acceptors (Lipinski definition) is 4.